The Hall–Kier alpha value is -0.550. The highest BCUT2D eigenvalue weighted by Gasteiger charge is 1.92. The Morgan fingerprint density at radius 1 is 1.82 bits per heavy atom. The van der Waals surface area contributed by atoms with Gasteiger partial charge in [-0.15, -0.1) is 12.6 Å². The van der Waals surface area contributed by atoms with Gasteiger partial charge in [0, 0.05) is 24.9 Å². The third-order valence-electron chi connectivity index (χ3n) is 1.23. The van der Waals surface area contributed by atoms with Crippen LogP contribution in [0.5, 0.6) is 0 Å². The smallest absolute Gasteiger partial charge is 0.130 e. The summed E-state index contributed by atoms with van der Waals surface area (Å²) in [7, 11) is 0. The summed E-state index contributed by atoms with van der Waals surface area (Å²) in [5, 5.41) is 2.93. The second-order valence-electron chi connectivity index (χ2n) is 2.06. The molecular weight excluding hydrogens is 178 g/mol. The molecule has 1 aromatic heterocycles. The van der Waals surface area contributed by atoms with Crippen LogP contribution in [0.4, 0.5) is 0 Å². The van der Waals surface area contributed by atoms with Crippen LogP contribution < -0.4 is 5.32 Å². The number of imidazole rings is 1. The number of thiocarbonyl (C=S) groups is 1. The van der Waals surface area contributed by atoms with Gasteiger partial charge < -0.3 is 10.3 Å². The average molecular weight is 187 g/mol. The maximum atomic E-state index is 4.72. The molecule has 0 bridgehead atoms. The van der Waals surface area contributed by atoms with Crippen molar-refractivity contribution < 1.29 is 0 Å². The monoisotopic (exact) mass is 187 g/mol. The molecule has 0 radical (unpaired) electrons. The molecule has 2 N–H and O–H groups in total. The van der Waals surface area contributed by atoms with Crippen LogP contribution in [-0.4, -0.2) is 20.8 Å². The molecular formula is C6H9N3S2. The van der Waals surface area contributed by atoms with Gasteiger partial charge in [0.1, 0.15) is 4.32 Å². The van der Waals surface area contributed by atoms with Crippen LogP contribution >= 0.6 is 24.8 Å². The molecule has 3 nitrogen and oxygen atoms in total. The molecule has 1 heterocycles. The first-order valence-corrected chi connectivity index (χ1v) is 4.08. The Kier molecular flexibility index (Phi) is 3.38. The van der Waals surface area contributed by atoms with Crippen LogP contribution in [0.25, 0.3) is 0 Å². The van der Waals surface area contributed by atoms with Crippen molar-refractivity contribution in [3.8, 4) is 0 Å². The fourth-order valence-electron chi connectivity index (χ4n) is 0.726. The molecule has 0 aliphatic heterocycles. The number of hydrogen-bond acceptors (Lipinski definition) is 2. The van der Waals surface area contributed by atoms with Gasteiger partial charge in [-0.25, -0.2) is 4.98 Å². The quantitative estimate of drug-likeness (QED) is 0.483. The molecule has 0 fully saturated rings. The van der Waals surface area contributed by atoms with Gasteiger partial charge in [-0.3, -0.25) is 0 Å². The topological polar surface area (TPSA) is 40.7 Å². The van der Waals surface area contributed by atoms with Gasteiger partial charge >= 0.3 is 0 Å². The second-order valence-corrected chi connectivity index (χ2v) is 3.22. The van der Waals surface area contributed by atoms with E-state index < -0.39 is 0 Å². The Bertz CT molecular complexity index is 220. The fourth-order valence-corrected chi connectivity index (χ4v) is 0.939. The molecule has 0 saturated heterocycles. The number of aromatic amines is 1. The number of thiol groups is 1. The van der Waals surface area contributed by atoms with Gasteiger partial charge in [-0.1, -0.05) is 12.2 Å². The van der Waals surface area contributed by atoms with Crippen LogP contribution in [0.2, 0.25) is 0 Å². The molecule has 60 valence electrons. The first-order chi connectivity index (χ1) is 5.29. The van der Waals surface area contributed by atoms with Crippen molar-refractivity contribution in [3.63, 3.8) is 0 Å². The van der Waals surface area contributed by atoms with E-state index in [4.69, 9.17) is 12.2 Å². The SMILES string of the molecule is S=C(S)NCCc1cnc[nH]1. The van der Waals surface area contributed by atoms with E-state index >= 15 is 0 Å². The Morgan fingerprint density at radius 2 is 2.64 bits per heavy atom. The molecule has 0 atom stereocenters. The van der Waals surface area contributed by atoms with E-state index in [-0.39, 0.29) is 0 Å². The van der Waals surface area contributed by atoms with E-state index in [1.54, 1.807) is 12.5 Å². The standard InChI is InChI=1S/C6H9N3S2/c10-6(11)8-2-1-5-3-7-4-9-5/h3-4H,1-2H2,(H,7,9)(H2,8,10,11). The number of H-pyrrole nitrogens is 1. The Morgan fingerprint density at radius 3 is 3.18 bits per heavy atom. The van der Waals surface area contributed by atoms with Crippen molar-refractivity contribution in [1.29, 1.82) is 0 Å². The minimum absolute atomic E-state index is 0.532. The van der Waals surface area contributed by atoms with E-state index in [0.29, 0.717) is 4.32 Å². The molecule has 1 aromatic rings. The molecule has 0 spiro atoms. The van der Waals surface area contributed by atoms with Crippen molar-refractivity contribution in [2.24, 2.45) is 0 Å². The minimum atomic E-state index is 0.532. The molecule has 5 heteroatoms. The van der Waals surface area contributed by atoms with Crippen molar-refractivity contribution in [3.05, 3.63) is 18.2 Å². The van der Waals surface area contributed by atoms with Gasteiger partial charge in [0.05, 0.1) is 6.33 Å². The number of nitrogens with zero attached hydrogens (tertiary/aromatic N) is 1. The third-order valence-corrected chi connectivity index (χ3v) is 1.53. The highest BCUT2D eigenvalue weighted by atomic mass is 32.1. The van der Waals surface area contributed by atoms with Crippen LogP contribution in [0, 0.1) is 0 Å². The van der Waals surface area contributed by atoms with Gasteiger partial charge in [-0.2, -0.15) is 0 Å². The van der Waals surface area contributed by atoms with Crippen molar-refractivity contribution in [1.82, 2.24) is 15.3 Å². The summed E-state index contributed by atoms with van der Waals surface area (Å²) >= 11 is 8.64. The fraction of sp³-hybridized carbons (Fsp3) is 0.333. The van der Waals surface area contributed by atoms with Crippen molar-refractivity contribution in [2.45, 2.75) is 6.42 Å². The zero-order valence-electron chi connectivity index (χ0n) is 5.87. The molecule has 0 saturated carbocycles. The van der Waals surface area contributed by atoms with E-state index in [1.807, 2.05) is 0 Å². The summed E-state index contributed by atoms with van der Waals surface area (Å²) < 4.78 is 0.532. The minimum Gasteiger partial charge on any atom is -0.371 e. The van der Waals surface area contributed by atoms with Gasteiger partial charge in [0.2, 0.25) is 0 Å². The number of aromatic nitrogens is 2. The van der Waals surface area contributed by atoms with Crippen LogP contribution in [-0.2, 0) is 6.42 Å². The van der Waals surface area contributed by atoms with E-state index in [1.165, 1.54) is 0 Å². The van der Waals surface area contributed by atoms with Crippen LogP contribution in [0.1, 0.15) is 5.69 Å². The Balaban J connectivity index is 2.19. The Labute approximate surface area is 76.0 Å². The molecule has 0 amide bonds. The lowest BCUT2D eigenvalue weighted by molar-refractivity contribution is 0.862. The van der Waals surface area contributed by atoms with E-state index in [2.05, 4.69) is 27.9 Å². The lowest BCUT2D eigenvalue weighted by Crippen LogP contribution is -2.19. The van der Waals surface area contributed by atoms with Gasteiger partial charge in [0.25, 0.3) is 0 Å². The van der Waals surface area contributed by atoms with Crippen LogP contribution in [0.15, 0.2) is 12.5 Å². The molecule has 1 rings (SSSR count). The zero-order chi connectivity index (χ0) is 8.10. The maximum Gasteiger partial charge on any atom is 0.130 e. The normalized spacial score (nSPS) is 9.55. The summed E-state index contributed by atoms with van der Waals surface area (Å²) in [4.78, 5) is 6.88. The van der Waals surface area contributed by atoms with Gasteiger partial charge in [-0.05, 0) is 0 Å². The zero-order valence-corrected chi connectivity index (χ0v) is 7.58. The molecule has 11 heavy (non-hydrogen) atoms. The van der Waals surface area contributed by atoms with E-state index in [9.17, 15) is 0 Å². The lowest BCUT2D eigenvalue weighted by Gasteiger charge is -1.99. The average Bonchev–Trinajstić information content (AvgIpc) is 2.39. The summed E-state index contributed by atoms with van der Waals surface area (Å²) in [6, 6.07) is 0. The lowest BCUT2D eigenvalue weighted by atomic mass is 10.3. The summed E-state index contributed by atoms with van der Waals surface area (Å²) in [5.74, 6) is 0. The van der Waals surface area contributed by atoms with Crippen molar-refractivity contribution >= 4 is 29.2 Å². The maximum absolute atomic E-state index is 4.72. The molecule has 0 unspecified atom stereocenters. The predicted octanol–water partition coefficient (Wildman–Crippen LogP) is 0.756. The summed E-state index contributed by atoms with van der Waals surface area (Å²) in [6.45, 7) is 0.796. The molecule has 0 aromatic carbocycles. The molecule has 0 aliphatic rings. The number of hydrogen-bond donors (Lipinski definition) is 3. The second kappa shape index (κ2) is 4.35. The first-order valence-electron chi connectivity index (χ1n) is 3.23. The first kappa shape index (κ1) is 8.55. The molecule has 0 aliphatic carbocycles. The largest absolute Gasteiger partial charge is 0.371 e. The highest BCUT2D eigenvalue weighted by molar-refractivity contribution is 8.11. The van der Waals surface area contributed by atoms with Gasteiger partial charge in [0.15, 0.2) is 0 Å². The number of nitrogens with one attached hydrogen (secondary N) is 2. The summed E-state index contributed by atoms with van der Waals surface area (Å²) in [6.07, 6.45) is 4.35. The van der Waals surface area contributed by atoms with Crippen molar-refractivity contribution in [2.75, 3.05) is 6.54 Å². The van der Waals surface area contributed by atoms with Crippen LogP contribution in [0.3, 0.4) is 0 Å². The highest BCUT2D eigenvalue weighted by Crippen LogP contribution is 1.90. The summed E-state index contributed by atoms with van der Waals surface area (Å²) in [5.41, 5.74) is 1.10. The predicted molar refractivity (Wildman–Crippen MR) is 51.9 cm³/mol. The third kappa shape index (κ3) is 3.38. The number of rotatable bonds is 3. The van der Waals surface area contributed by atoms with E-state index in [0.717, 1.165) is 18.7 Å².